The highest BCUT2D eigenvalue weighted by atomic mass is 19.4. The summed E-state index contributed by atoms with van der Waals surface area (Å²) in [7, 11) is 0. The van der Waals surface area contributed by atoms with Gasteiger partial charge in [0, 0.05) is 17.0 Å². The summed E-state index contributed by atoms with van der Waals surface area (Å²) in [6.45, 7) is 1.37. The van der Waals surface area contributed by atoms with Crippen molar-refractivity contribution in [1.29, 1.82) is 0 Å². The lowest BCUT2D eigenvalue weighted by Crippen LogP contribution is -2.15. The quantitative estimate of drug-likeness (QED) is 0.913. The van der Waals surface area contributed by atoms with Gasteiger partial charge in [0.2, 0.25) is 0 Å². The molecule has 2 nitrogen and oxygen atoms in total. The van der Waals surface area contributed by atoms with E-state index in [2.05, 4.69) is 0 Å². The summed E-state index contributed by atoms with van der Waals surface area (Å²) in [5.41, 5.74) is 6.57. The van der Waals surface area contributed by atoms with Gasteiger partial charge in [0.25, 0.3) is 0 Å². The standard InChI is InChI=1S/C15H16F3NO/c1-10(19)12-7-6-11-4-2-3-5-13(11)14(12)20-9-8-15(16,17)18/h2-7,10H,8-9,19H2,1H3/t10-/m1/s1. The fourth-order valence-corrected chi connectivity index (χ4v) is 2.05. The molecule has 0 aliphatic heterocycles. The minimum Gasteiger partial charge on any atom is -0.492 e. The van der Waals surface area contributed by atoms with Crippen molar-refractivity contribution in [3.63, 3.8) is 0 Å². The molecule has 0 saturated carbocycles. The Balaban J connectivity index is 2.35. The number of hydrogen-bond donors (Lipinski definition) is 1. The molecule has 0 aliphatic rings. The lowest BCUT2D eigenvalue weighted by Gasteiger charge is -2.17. The second-order valence-electron chi connectivity index (χ2n) is 4.71. The van der Waals surface area contributed by atoms with Gasteiger partial charge in [-0.2, -0.15) is 13.2 Å². The zero-order valence-electron chi connectivity index (χ0n) is 11.1. The number of benzene rings is 2. The number of fused-ring (bicyclic) bond motifs is 1. The van der Waals surface area contributed by atoms with E-state index in [1.807, 2.05) is 30.3 Å². The van der Waals surface area contributed by atoms with Crippen LogP contribution in [0.2, 0.25) is 0 Å². The third kappa shape index (κ3) is 3.42. The lowest BCUT2D eigenvalue weighted by atomic mass is 10.0. The van der Waals surface area contributed by atoms with Gasteiger partial charge < -0.3 is 10.5 Å². The molecule has 0 heterocycles. The van der Waals surface area contributed by atoms with Crippen LogP contribution in [0.5, 0.6) is 5.75 Å². The van der Waals surface area contributed by atoms with E-state index in [9.17, 15) is 13.2 Å². The van der Waals surface area contributed by atoms with E-state index in [-0.39, 0.29) is 6.04 Å². The van der Waals surface area contributed by atoms with Crippen LogP contribution >= 0.6 is 0 Å². The molecule has 0 saturated heterocycles. The number of alkyl halides is 3. The van der Waals surface area contributed by atoms with Crippen molar-refractivity contribution in [3.8, 4) is 5.75 Å². The molecule has 2 rings (SSSR count). The van der Waals surface area contributed by atoms with Crippen molar-refractivity contribution in [1.82, 2.24) is 0 Å². The van der Waals surface area contributed by atoms with E-state index >= 15 is 0 Å². The van der Waals surface area contributed by atoms with Gasteiger partial charge in [-0.25, -0.2) is 0 Å². The average Bonchev–Trinajstić information content (AvgIpc) is 2.37. The monoisotopic (exact) mass is 283 g/mol. The number of ether oxygens (including phenoxy) is 1. The Morgan fingerprint density at radius 1 is 1.15 bits per heavy atom. The first kappa shape index (κ1) is 14.7. The molecule has 0 radical (unpaired) electrons. The third-order valence-corrected chi connectivity index (χ3v) is 3.03. The van der Waals surface area contributed by atoms with Crippen molar-refractivity contribution in [2.75, 3.05) is 6.61 Å². The summed E-state index contributed by atoms with van der Waals surface area (Å²) in [5, 5.41) is 1.70. The van der Waals surface area contributed by atoms with Crippen LogP contribution in [0.15, 0.2) is 36.4 Å². The summed E-state index contributed by atoms with van der Waals surface area (Å²) in [5.74, 6) is 0.447. The van der Waals surface area contributed by atoms with Crippen molar-refractivity contribution in [3.05, 3.63) is 42.0 Å². The smallest absolute Gasteiger partial charge is 0.392 e. The van der Waals surface area contributed by atoms with E-state index in [1.54, 1.807) is 13.0 Å². The van der Waals surface area contributed by atoms with E-state index < -0.39 is 19.2 Å². The van der Waals surface area contributed by atoms with Crippen LogP contribution in [0.1, 0.15) is 24.9 Å². The van der Waals surface area contributed by atoms with Crippen LogP contribution in [0, 0.1) is 0 Å². The molecule has 1 atom stereocenters. The zero-order chi connectivity index (χ0) is 14.8. The van der Waals surface area contributed by atoms with Crippen LogP contribution < -0.4 is 10.5 Å². The van der Waals surface area contributed by atoms with Crippen LogP contribution in [-0.2, 0) is 0 Å². The highest BCUT2D eigenvalue weighted by Crippen LogP contribution is 2.33. The number of rotatable bonds is 4. The minimum absolute atomic E-state index is 0.305. The average molecular weight is 283 g/mol. The van der Waals surface area contributed by atoms with Crippen LogP contribution in [0.4, 0.5) is 13.2 Å². The Bertz CT molecular complexity index is 593. The highest BCUT2D eigenvalue weighted by molar-refractivity contribution is 5.89. The first-order chi connectivity index (χ1) is 9.38. The molecule has 0 fully saturated rings. The summed E-state index contributed by atoms with van der Waals surface area (Å²) < 4.78 is 42.1. The van der Waals surface area contributed by atoms with E-state index in [0.29, 0.717) is 11.3 Å². The SMILES string of the molecule is C[C@@H](N)c1ccc2ccccc2c1OCCC(F)(F)F. The molecule has 108 valence electrons. The predicted octanol–water partition coefficient (Wildman–Crippen LogP) is 4.19. The molecule has 0 unspecified atom stereocenters. The molecule has 2 aromatic carbocycles. The number of hydrogen-bond acceptors (Lipinski definition) is 2. The molecule has 0 spiro atoms. The molecule has 2 N–H and O–H groups in total. The van der Waals surface area contributed by atoms with Crippen molar-refractivity contribution >= 4 is 10.8 Å². The maximum atomic E-state index is 12.2. The fourth-order valence-electron chi connectivity index (χ4n) is 2.05. The first-order valence-corrected chi connectivity index (χ1v) is 6.35. The van der Waals surface area contributed by atoms with Crippen LogP contribution in [0.3, 0.4) is 0 Å². The van der Waals surface area contributed by atoms with Gasteiger partial charge in [0.05, 0.1) is 13.0 Å². The molecular formula is C15H16F3NO. The third-order valence-electron chi connectivity index (χ3n) is 3.03. The molecular weight excluding hydrogens is 267 g/mol. The maximum absolute atomic E-state index is 12.2. The molecule has 0 aliphatic carbocycles. The molecule has 5 heteroatoms. The largest absolute Gasteiger partial charge is 0.492 e. The van der Waals surface area contributed by atoms with E-state index in [0.717, 1.165) is 10.8 Å². The summed E-state index contributed by atoms with van der Waals surface area (Å²) in [6.07, 6.45) is -5.20. The van der Waals surface area contributed by atoms with Gasteiger partial charge in [0.1, 0.15) is 5.75 Å². The van der Waals surface area contributed by atoms with E-state index in [1.165, 1.54) is 0 Å². The Morgan fingerprint density at radius 2 is 1.85 bits per heavy atom. The van der Waals surface area contributed by atoms with E-state index in [4.69, 9.17) is 10.5 Å². The molecule has 2 aromatic rings. The molecule has 0 aromatic heterocycles. The van der Waals surface area contributed by atoms with Crippen LogP contribution in [-0.4, -0.2) is 12.8 Å². The number of halogens is 3. The summed E-state index contributed by atoms with van der Waals surface area (Å²) in [4.78, 5) is 0. The topological polar surface area (TPSA) is 35.2 Å². The number of nitrogens with two attached hydrogens (primary N) is 1. The van der Waals surface area contributed by atoms with Crippen LogP contribution in [0.25, 0.3) is 10.8 Å². The van der Waals surface area contributed by atoms with Gasteiger partial charge in [-0.15, -0.1) is 0 Å². The van der Waals surface area contributed by atoms with Crippen molar-refractivity contribution in [2.24, 2.45) is 5.73 Å². The molecule has 20 heavy (non-hydrogen) atoms. The van der Waals surface area contributed by atoms with Gasteiger partial charge in [-0.3, -0.25) is 0 Å². The summed E-state index contributed by atoms with van der Waals surface area (Å²) in [6, 6.07) is 10.8. The Morgan fingerprint density at radius 3 is 2.50 bits per heavy atom. The Hall–Kier alpha value is -1.75. The van der Waals surface area contributed by atoms with Gasteiger partial charge in [-0.05, 0) is 12.3 Å². The Kier molecular flexibility index (Phi) is 4.18. The molecule has 0 amide bonds. The van der Waals surface area contributed by atoms with Gasteiger partial charge in [-0.1, -0.05) is 36.4 Å². The zero-order valence-corrected chi connectivity index (χ0v) is 11.1. The Labute approximate surface area is 115 Å². The lowest BCUT2D eigenvalue weighted by molar-refractivity contribution is -0.139. The van der Waals surface area contributed by atoms with Gasteiger partial charge >= 0.3 is 6.18 Å². The predicted molar refractivity (Wildman–Crippen MR) is 72.7 cm³/mol. The summed E-state index contributed by atoms with van der Waals surface area (Å²) >= 11 is 0. The molecule has 0 bridgehead atoms. The maximum Gasteiger partial charge on any atom is 0.392 e. The second kappa shape index (κ2) is 5.71. The van der Waals surface area contributed by atoms with Crippen molar-refractivity contribution in [2.45, 2.75) is 25.6 Å². The first-order valence-electron chi connectivity index (χ1n) is 6.35. The fraction of sp³-hybridized carbons (Fsp3) is 0.333. The normalized spacial score (nSPS) is 13.4. The van der Waals surface area contributed by atoms with Crippen molar-refractivity contribution < 1.29 is 17.9 Å². The highest BCUT2D eigenvalue weighted by Gasteiger charge is 2.27. The second-order valence-corrected chi connectivity index (χ2v) is 4.71. The van der Waals surface area contributed by atoms with Gasteiger partial charge in [0.15, 0.2) is 0 Å². The minimum atomic E-state index is -4.22.